The van der Waals surface area contributed by atoms with Gasteiger partial charge in [0.25, 0.3) is 0 Å². The molecule has 0 saturated carbocycles. The van der Waals surface area contributed by atoms with Crippen molar-refractivity contribution in [3.63, 3.8) is 0 Å². The highest BCUT2D eigenvalue weighted by atomic mass is 35.5. The number of rotatable bonds is 6. The van der Waals surface area contributed by atoms with Crippen LogP contribution in [-0.2, 0) is 14.3 Å². The Morgan fingerprint density at radius 3 is 2.42 bits per heavy atom. The average molecular weight is 329 g/mol. The Hall–Kier alpha value is -0.520. The van der Waals surface area contributed by atoms with E-state index in [0.717, 1.165) is 0 Å². The van der Waals surface area contributed by atoms with E-state index in [2.05, 4.69) is 5.32 Å². The van der Waals surface area contributed by atoms with E-state index in [0.29, 0.717) is 28.6 Å². The van der Waals surface area contributed by atoms with Crippen molar-refractivity contribution < 1.29 is 14.3 Å². The smallest absolute Gasteiger partial charge is 0.224 e. The number of methoxy groups -OCH3 is 2. The molecule has 7 heteroatoms. The number of carbonyl (C=O) groups excluding carboxylic acids is 1. The zero-order valence-electron chi connectivity index (χ0n) is 10.6. The third-order valence-electron chi connectivity index (χ3n) is 2.34. The van der Waals surface area contributed by atoms with Crippen molar-refractivity contribution in [3.05, 3.63) is 28.2 Å². The predicted octanol–water partition coefficient (Wildman–Crippen LogP) is 3.75. The van der Waals surface area contributed by atoms with Crippen LogP contribution in [0.15, 0.2) is 18.2 Å². The molecule has 1 rings (SSSR count). The van der Waals surface area contributed by atoms with Crippen LogP contribution in [-0.4, -0.2) is 26.4 Å². The van der Waals surface area contributed by atoms with Gasteiger partial charge in [-0.05, 0) is 18.2 Å². The molecule has 0 aliphatic rings. The summed E-state index contributed by atoms with van der Waals surface area (Å²) < 4.78 is 9.99. The van der Waals surface area contributed by atoms with Crippen LogP contribution >= 0.6 is 35.6 Å². The number of hydrogen-bond acceptors (Lipinski definition) is 3. The van der Waals surface area contributed by atoms with Gasteiger partial charge in [-0.15, -0.1) is 12.4 Å². The Morgan fingerprint density at radius 2 is 1.89 bits per heavy atom. The minimum atomic E-state index is -0.371. The van der Waals surface area contributed by atoms with Gasteiger partial charge in [-0.2, -0.15) is 0 Å². The highest BCUT2D eigenvalue weighted by Crippen LogP contribution is 2.25. The molecule has 0 atom stereocenters. The lowest BCUT2D eigenvalue weighted by atomic mass is 10.2. The normalized spacial score (nSPS) is 10.2. The lowest BCUT2D eigenvalue weighted by molar-refractivity contribution is -0.124. The largest absolute Gasteiger partial charge is 0.356 e. The van der Waals surface area contributed by atoms with E-state index in [1.165, 1.54) is 14.2 Å². The van der Waals surface area contributed by atoms with Gasteiger partial charge in [0.05, 0.1) is 10.0 Å². The van der Waals surface area contributed by atoms with E-state index < -0.39 is 0 Å². The number of nitrogens with one attached hydrogen (secondary N) is 1. The fraction of sp³-hybridized carbons (Fsp3) is 0.417. The van der Waals surface area contributed by atoms with Gasteiger partial charge in [0, 0.05) is 32.7 Å². The second kappa shape index (κ2) is 9.39. The molecule has 0 radical (unpaired) electrons. The summed E-state index contributed by atoms with van der Waals surface area (Å²) in [6.07, 6.45) is 0.414. The SMILES string of the molecule is COC(CCC(=O)Nc1ccc(Cl)c(Cl)c1)OC.Cl. The fourth-order valence-electron chi connectivity index (χ4n) is 1.38. The quantitative estimate of drug-likeness (QED) is 0.809. The molecule has 19 heavy (non-hydrogen) atoms. The number of hydrogen-bond donors (Lipinski definition) is 1. The molecule has 108 valence electrons. The third-order valence-corrected chi connectivity index (χ3v) is 3.08. The summed E-state index contributed by atoms with van der Waals surface area (Å²) >= 11 is 11.6. The van der Waals surface area contributed by atoms with E-state index in [1.807, 2.05) is 0 Å². The molecule has 0 bridgehead atoms. The molecular weight excluding hydrogens is 312 g/mol. The number of halogens is 3. The average Bonchev–Trinajstić information content (AvgIpc) is 2.35. The minimum Gasteiger partial charge on any atom is -0.356 e. The Balaban J connectivity index is 0.00000324. The first kappa shape index (κ1) is 18.5. The molecule has 1 aromatic rings. The summed E-state index contributed by atoms with van der Waals surface area (Å²) in [5.74, 6) is -0.132. The van der Waals surface area contributed by atoms with Crippen molar-refractivity contribution in [1.29, 1.82) is 0 Å². The van der Waals surface area contributed by atoms with Gasteiger partial charge in [0.15, 0.2) is 6.29 Å². The maximum absolute atomic E-state index is 11.6. The van der Waals surface area contributed by atoms with Gasteiger partial charge < -0.3 is 14.8 Å². The van der Waals surface area contributed by atoms with Crippen LogP contribution < -0.4 is 5.32 Å². The van der Waals surface area contributed by atoms with Crippen LogP contribution in [0.2, 0.25) is 10.0 Å². The van der Waals surface area contributed by atoms with Gasteiger partial charge in [0.2, 0.25) is 5.91 Å². The molecular formula is C12H16Cl3NO3. The van der Waals surface area contributed by atoms with Crippen molar-refractivity contribution in [1.82, 2.24) is 0 Å². The van der Waals surface area contributed by atoms with Crippen LogP contribution in [0.25, 0.3) is 0 Å². The molecule has 1 amide bonds. The van der Waals surface area contributed by atoms with E-state index >= 15 is 0 Å². The molecule has 0 heterocycles. The highest BCUT2D eigenvalue weighted by molar-refractivity contribution is 6.42. The Kier molecular flexibility index (Phi) is 9.14. The molecule has 0 spiro atoms. The van der Waals surface area contributed by atoms with E-state index in [9.17, 15) is 4.79 Å². The first-order valence-electron chi connectivity index (χ1n) is 5.37. The number of carbonyl (C=O) groups is 1. The highest BCUT2D eigenvalue weighted by Gasteiger charge is 2.09. The molecule has 0 saturated heterocycles. The second-order valence-electron chi connectivity index (χ2n) is 3.62. The molecule has 0 fully saturated rings. The Bertz CT molecular complexity index is 411. The predicted molar refractivity (Wildman–Crippen MR) is 79.4 cm³/mol. The first-order chi connectivity index (χ1) is 8.56. The Morgan fingerprint density at radius 1 is 1.26 bits per heavy atom. The standard InChI is InChI=1S/C12H15Cl2NO3.ClH/c1-17-12(18-2)6-5-11(16)15-8-3-4-9(13)10(14)7-8;/h3-4,7,12H,5-6H2,1-2H3,(H,15,16);1H. The zero-order valence-corrected chi connectivity index (χ0v) is 12.9. The van der Waals surface area contributed by atoms with Crippen LogP contribution in [0.1, 0.15) is 12.8 Å². The zero-order chi connectivity index (χ0) is 13.5. The number of benzene rings is 1. The monoisotopic (exact) mass is 327 g/mol. The van der Waals surface area contributed by atoms with E-state index in [1.54, 1.807) is 18.2 Å². The summed E-state index contributed by atoms with van der Waals surface area (Å²) in [6.45, 7) is 0. The lowest BCUT2D eigenvalue weighted by Gasteiger charge is -2.12. The van der Waals surface area contributed by atoms with Crippen LogP contribution in [0.3, 0.4) is 0 Å². The number of amides is 1. The molecule has 0 aromatic heterocycles. The third kappa shape index (κ3) is 6.45. The summed E-state index contributed by atoms with van der Waals surface area (Å²) in [5, 5.41) is 3.58. The maximum atomic E-state index is 11.6. The number of ether oxygens (including phenoxy) is 2. The second-order valence-corrected chi connectivity index (χ2v) is 4.43. The summed E-state index contributed by atoms with van der Waals surface area (Å²) in [6, 6.07) is 4.93. The van der Waals surface area contributed by atoms with Crippen LogP contribution in [0.4, 0.5) is 5.69 Å². The van der Waals surface area contributed by atoms with Crippen molar-refractivity contribution in [2.75, 3.05) is 19.5 Å². The van der Waals surface area contributed by atoms with Gasteiger partial charge >= 0.3 is 0 Å². The molecule has 4 nitrogen and oxygen atoms in total. The van der Waals surface area contributed by atoms with E-state index in [-0.39, 0.29) is 24.6 Å². The first-order valence-corrected chi connectivity index (χ1v) is 6.13. The topological polar surface area (TPSA) is 47.6 Å². The lowest BCUT2D eigenvalue weighted by Crippen LogP contribution is -2.18. The van der Waals surface area contributed by atoms with E-state index in [4.69, 9.17) is 32.7 Å². The maximum Gasteiger partial charge on any atom is 0.224 e. The number of anilines is 1. The van der Waals surface area contributed by atoms with Crippen molar-refractivity contribution in [2.45, 2.75) is 19.1 Å². The molecule has 0 unspecified atom stereocenters. The van der Waals surface area contributed by atoms with Gasteiger partial charge in [-0.3, -0.25) is 4.79 Å². The minimum absolute atomic E-state index is 0. The Labute approximate surface area is 128 Å². The molecule has 1 aromatic carbocycles. The molecule has 0 aliphatic carbocycles. The van der Waals surface area contributed by atoms with Gasteiger partial charge in [0.1, 0.15) is 0 Å². The van der Waals surface area contributed by atoms with Crippen LogP contribution in [0.5, 0.6) is 0 Å². The van der Waals surface area contributed by atoms with Gasteiger partial charge in [-0.1, -0.05) is 23.2 Å². The van der Waals surface area contributed by atoms with Gasteiger partial charge in [-0.25, -0.2) is 0 Å². The molecule has 1 N–H and O–H groups in total. The van der Waals surface area contributed by atoms with Crippen molar-refractivity contribution in [3.8, 4) is 0 Å². The fourth-order valence-corrected chi connectivity index (χ4v) is 1.68. The summed E-state index contributed by atoms with van der Waals surface area (Å²) in [5.41, 5.74) is 0.612. The van der Waals surface area contributed by atoms with Crippen molar-refractivity contribution >= 4 is 47.2 Å². The summed E-state index contributed by atoms with van der Waals surface area (Å²) in [7, 11) is 3.07. The molecule has 0 aliphatic heterocycles. The van der Waals surface area contributed by atoms with Crippen molar-refractivity contribution in [2.24, 2.45) is 0 Å². The van der Waals surface area contributed by atoms with Crippen LogP contribution in [0, 0.1) is 0 Å². The summed E-state index contributed by atoms with van der Waals surface area (Å²) in [4.78, 5) is 11.6.